The Hall–Kier alpha value is -2.71. The Morgan fingerprint density at radius 3 is 2.58 bits per heavy atom. The highest BCUT2D eigenvalue weighted by Crippen LogP contribution is 2.25. The molecule has 5 heteroatoms. The van der Waals surface area contributed by atoms with Crippen LogP contribution in [0.2, 0.25) is 0 Å². The van der Waals surface area contributed by atoms with Gasteiger partial charge >= 0.3 is 0 Å². The van der Waals surface area contributed by atoms with Crippen molar-refractivity contribution in [1.82, 2.24) is 9.88 Å². The molecular weight excluding hydrogens is 302 g/mol. The number of amides is 1. The number of rotatable bonds is 7. The molecule has 0 fully saturated rings. The van der Waals surface area contributed by atoms with E-state index in [9.17, 15) is 9.90 Å². The van der Waals surface area contributed by atoms with Crippen molar-refractivity contribution in [3.8, 4) is 6.07 Å². The Morgan fingerprint density at radius 2 is 1.96 bits per heavy atom. The fourth-order valence-corrected chi connectivity index (χ4v) is 2.47. The lowest BCUT2D eigenvalue weighted by Crippen LogP contribution is -2.37. The van der Waals surface area contributed by atoms with Crippen molar-refractivity contribution in [2.24, 2.45) is 0 Å². The number of aliphatic hydroxyl groups is 1. The first-order chi connectivity index (χ1) is 11.5. The molecule has 0 spiro atoms. The highest BCUT2D eigenvalue weighted by atomic mass is 16.3. The van der Waals surface area contributed by atoms with Crippen molar-refractivity contribution in [3.05, 3.63) is 66.0 Å². The number of aromatic nitrogens is 1. The third kappa shape index (κ3) is 4.90. The smallest absolute Gasteiger partial charge is 0.226 e. The summed E-state index contributed by atoms with van der Waals surface area (Å²) in [4.78, 5) is 18.5. The van der Waals surface area contributed by atoms with Gasteiger partial charge in [0.2, 0.25) is 5.91 Å². The molecule has 1 atom stereocenters. The second-order valence-corrected chi connectivity index (χ2v) is 5.86. The number of carbonyl (C=O) groups is 1. The van der Waals surface area contributed by atoms with Gasteiger partial charge in [0.25, 0.3) is 0 Å². The van der Waals surface area contributed by atoms with Gasteiger partial charge in [0.1, 0.15) is 0 Å². The molecule has 2 aromatic rings. The average molecular weight is 323 g/mol. The zero-order valence-electron chi connectivity index (χ0n) is 13.7. The minimum atomic E-state index is -1.26. The largest absolute Gasteiger partial charge is 0.385 e. The number of pyridine rings is 1. The SMILES string of the molecule is CC(O)(CC(=O)N(CCC#N)Cc1ccccn1)c1ccccc1. The number of carbonyl (C=O) groups excluding carboxylic acids is 1. The lowest BCUT2D eigenvalue weighted by atomic mass is 9.92. The summed E-state index contributed by atoms with van der Waals surface area (Å²) in [6.07, 6.45) is 1.86. The van der Waals surface area contributed by atoms with Crippen LogP contribution in [-0.4, -0.2) is 27.4 Å². The van der Waals surface area contributed by atoms with Crippen LogP contribution in [0.5, 0.6) is 0 Å². The lowest BCUT2D eigenvalue weighted by Gasteiger charge is -2.28. The fourth-order valence-electron chi connectivity index (χ4n) is 2.47. The van der Waals surface area contributed by atoms with Gasteiger partial charge in [-0.2, -0.15) is 5.26 Å². The molecule has 1 N–H and O–H groups in total. The van der Waals surface area contributed by atoms with Gasteiger partial charge in [-0.05, 0) is 24.6 Å². The van der Waals surface area contributed by atoms with E-state index < -0.39 is 5.60 Å². The molecule has 0 bridgehead atoms. The molecule has 1 unspecified atom stereocenters. The second-order valence-electron chi connectivity index (χ2n) is 5.86. The maximum absolute atomic E-state index is 12.7. The van der Waals surface area contributed by atoms with Gasteiger partial charge < -0.3 is 10.0 Å². The molecule has 0 aliphatic carbocycles. The van der Waals surface area contributed by atoms with Crippen LogP contribution in [0.4, 0.5) is 0 Å². The first kappa shape index (κ1) is 17.6. The molecule has 1 heterocycles. The summed E-state index contributed by atoms with van der Waals surface area (Å²) in [5, 5.41) is 19.5. The van der Waals surface area contributed by atoms with E-state index in [2.05, 4.69) is 11.1 Å². The monoisotopic (exact) mass is 323 g/mol. The molecule has 2 rings (SSSR count). The fraction of sp³-hybridized carbons (Fsp3) is 0.316. The van der Waals surface area contributed by atoms with Gasteiger partial charge in [0.15, 0.2) is 0 Å². The van der Waals surface area contributed by atoms with Crippen molar-refractivity contribution >= 4 is 5.91 Å². The standard InChI is InChI=1S/C19H21N3O2/c1-19(24,16-8-3-2-4-9-16)14-18(23)22(13-7-11-20)15-17-10-5-6-12-21-17/h2-6,8-10,12,24H,7,13-15H2,1H3. The molecule has 1 aromatic carbocycles. The van der Waals surface area contributed by atoms with Crippen LogP contribution in [0.3, 0.4) is 0 Å². The van der Waals surface area contributed by atoms with Crippen molar-refractivity contribution in [3.63, 3.8) is 0 Å². The van der Waals surface area contributed by atoms with E-state index in [0.717, 1.165) is 5.69 Å². The van der Waals surface area contributed by atoms with Crippen LogP contribution < -0.4 is 0 Å². The van der Waals surface area contributed by atoms with Crippen molar-refractivity contribution < 1.29 is 9.90 Å². The van der Waals surface area contributed by atoms with Gasteiger partial charge in [0.05, 0.1) is 36.8 Å². The quantitative estimate of drug-likeness (QED) is 0.849. The number of benzene rings is 1. The van der Waals surface area contributed by atoms with Crippen LogP contribution in [0.1, 0.15) is 31.0 Å². The Morgan fingerprint density at radius 1 is 1.25 bits per heavy atom. The van der Waals surface area contributed by atoms with Gasteiger partial charge in [0, 0.05) is 12.7 Å². The first-order valence-electron chi connectivity index (χ1n) is 7.85. The Bertz CT molecular complexity index is 694. The summed E-state index contributed by atoms with van der Waals surface area (Å²) in [6.45, 7) is 2.27. The molecule has 1 amide bonds. The molecule has 124 valence electrons. The van der Waals surface area contributed by atoms with Gasteiger partial charge in [-0.3, -0.25) is 9.78 Å². The summed E-state index contributed by atoms with van der Waals surface area (Å²) in [7, 11) is 0. The third-order valence-electron chi connectivity index (χ3n) is 3.82. The van der Waals surface area contributed by atoms with Crippen molar-refractivity contribution in [2.45, 2.75) is 31.9 Å². The van der Waals surface area contributed by atoms with E-state index in [4.69, 9.17) is 5.26 Å². The van der Waals surface area contributed by atoms with Crippen LogP contribution in [-0.2, 0) is 16.9 Å². The van der Waals surface area contributed by atoms with Gasteiger partial charge in [-0.15, -0.1) is 0 Å². The van der Waals surface area contributed by atoms with Crippen molar-refractivity contribution in [1.29, 1.82) is 5.26 Å². The second kappa shape index (κ2) is 8.23. The van der Waals surface area contributed by atoms with E-state index in [1.807, 2.05) is 36.4 Å². The number of hydrogen-bond acceptors (Lipinski definition) is 4. The Balaban J connectivity index is 2.11. The third-order valence-corrected chi connectivity index (χ3v) is 3.82. The van der Waals surface area contributed by atoms with Crippen LogP contribution in [0.15, 0.2) is 54.7 Å². The summed E-state index contributed by atoms with van der Waals surface area (Å²) in [6, 6.07) is 16.7. The number of hydrogen-bond donors (Lipinski definition) is 1. The molecular formula is C19H21N3O2. The summed E-state index contributed by atoms with van der Waals surface area (Å²) < 4.78 is 0. The molecule has 0 aliphatic heterocycles. The molecule has 1 aromatic heterocycles. The van der Waals surface area contributed by atoms with Gasteiger partial charge in [-0.25, -0.2) is 0 Å². The normalized spacial score (nSPS) is 12.9. The molecule has 24 heavy (non-hydrogen) atoms. The molecule has 0 radical (unpaired) electrons. The minimum absolute atomic E-state index is 0.0464. The number of nitrogens with zero attached hydrogens (tertiary/aromatic N) is 3. The predicted octanol–water partition coefficient (Wildman–Crippen LogP) is 2.62. The predicted molar refractivity (Wildman–Crippen MR) is 90.5 cm³/mol. The van der Waals surface area contributed by atoms with Crippen LogP contribution in [0.25, 0.3) is 0 Å². The highest BCUT2D eigenvalue weighted by Gasteiger charge is 2.29. The van der Waals surface area contributed by atoms with Crippen LogP contribution >= 0.6 is 0 Å². The van der Waals surface area contributed by atoms with Crippen molar-refractivity contribution in [2.75, 3.05) is 6.54 Å². The van der Waals surface area contributed by atoms with E-state index >= 15 is 0 Å². The maximum atomic E-state index is 12.7. The van der Waals surface area contributed by atoms with E-state index in [1.165, 1.54) is 0 Å². The average Bonchev–Trinajstić information content (AvgIpc) is 2.60. The molecule has 0 saturated heterocycles. The topological polar surface area (TPSA) is 77.2 Å². The summed E-state index contributed by atoms with van der Waals surface area (Å²) >= 11 is 0. The maximum Gasteiger partial charge on any atom is 0.226 e. The van der Waals surface area contributed by atoms with E-state index in [-0.39, 0.29) is 18.7 Å². The lowest BCUT2D eigenvalue weighted by molar-refractivity contribution is -0.136. The first-order valence-corrected chi connectivity index (χ1v) is 7.85. The zero-order chi connectivity index (χ0) is 17.4. The van der Waals surface area contributed by atoms with Crippen LogP contribution in [0, 0.1) is 11.3 Å². The molecule has 0 saturated carbocycles. The van der Waals surface area contributed by atoms with Gasteiger partial charge in [-0.1, -0.05) is 36.4 Å². The minimum Gasteiger partial charge on any atom is -0.385 e. The van der Waals surface area contributed by atoms with E-state index in [1.54, 1.807) is 30.2 Å². The summed E-state index contributed by atoms with van der Waals surface area (Å²) in [5.41, 5.74) is 0.187. The zero-order valence-corrected chi connectivity index (χ0v) is 13.7. The molecule has 0 aliphatic rings. The Kier molecular flexibility index (Phi) is 6.05. The highest BCUT2D eigenvalue weighted by molar-refractivity contribution is 5.77. The van der Waals surface area contributed by atoms with E-state index in [0.29, 0.717) is 18.7 Å². The summed E-state index contributed by atoms with van der Waals surface area (Å²) in [5.74, 6) is -0.204. The number of nitriles is 1. The Labute approximate surface area is 142 Å². The molecule has 5 nitrogen and oxygen atoms in total.